The van der Waals surface area contributed by atoms with Gasteiger partial charge in [-0.2, -0.15) is 13.2 Å². The summed E-state index contributed by atoms with van der Waals surface area (Å²) in [6.45, 7) is 4.78. The van der Waals surface area contributed by atoms with Crippen LogP contribution >= 0.6 is 0 Å². The first kappa shape index (κ1) is 33.0. The molecule has 1 aliphatic heterocycles. The molecule has 0 saturated carbocycles. The molecule has 12 nitrogen and oxygen atoms in total. The van der Waals surface area contributed by atoms with Crippen molar-refractivity contribution in [3.05, 3.63) is 53.9 Å². The molecule has 1 atom stereocenters. The molecular weight excluding hydrogens is 575 g/mol. The number of rotatable bonds is 11. The van der Waals surface area contributed by atoms with Crippen LogP contribution in [0, 0.1) is 0 Å². The molecule has 0 bridgehead atoms. The fourth-order valence-corrected chi connectivity index (χ4v) is 4.09. The van der Waals surface area contributed by atoms with Gasteiger partial charge in [0.25, 0.3) is 0 Å². The predicted octanol–water partition coefficient (Wildman–Crippen LogP) is 3.43. The van der Waals surface area contributed by atoms with E-state index in [1.807, 2.05) is 29.2 Å². The van der Waals surface area contributed by atoms with Crippen molar-refractivity contribution in [3.63, 3.8) is 0 Å². The first-order chi connectivity index (χ1) is 20.5. The summed E-state index contributed by atoms with van der Waals surface area (Å²) in [7, 11) is 3.13. The fourth-order valence-electron chi connectivity index (χ4n) is 4.09. The van der Waals surface area contributed by atoms with Gasteiger partial charge >= 0.3 is 12.1 Å². The van der Waals surface area contributed by atoms with Crippen molar-refractivity contribution >= 4 is 23.4 Å². The highest BCUT2D eigenvalue weighted by Crippen LogP contribution is 2.29. The molecule has 1 aliphatic rings. The standard InChI is InChI=1S/C26H31N5O5.C2HF3O2/c1-4-20(32)23(31-13-11-27-12-14-31)24(33)22-26(29-16-17-5-7-19(34-2)8-6-17)36-25(30-22)18-9-10-28-21(15-18)35-3;3-2(4,5)1(6)7/h5-10,15,23,27,29H,4,11-14,16H2,1-3H3;(H,6,7). The van der Waals surface area contributed by atoms with Crippen molar-refractivity contribution in [2.24, 2.45) is 0 Å². The number of anilines is 1. The fraction of sp³-hybridized carbons (Fsp3) is 0.393. The molecule has 1 aromatic carbocycles. The van der Waals surface area contributed by atoms with E-state index in [1.165, 1.54) is 7.11 Å². The summed E-state index contributed by atoms with van der Waals surface area (Å²) in [4.78, 5) is 46.3. The number of nitrogens with one attached hydrogen (secondary N) is 2. The highest BCUT2D eigenvalue weighted by molar-refractivity contribution is 6.15. The highest BCUT2D eigenvalue weighted by atomic mass is 19.4. The number of hydrogen-bond donors (Lipinski definition) is 3. The van der Waals surface area contributed by atoms with Gasteiger partial charge in [0.2, 0.25) is 23.4 Å². The number of piperazine rings is 1. The number of hydrogen-bond acceptors (Lipinski definition) is 11. The second-order valence-electron chi connectivity index (χ2n) is 9.16. The van der Waals surface area contributed by atoms with E-state index in [0.717, 1.165) is 11.3 Å². The van der Waals surface area contributed by atoms with Gasteiger partial charge in [-0.15, -0.1) is 0 Å². The number of halogens is 3. The van der Waals surface area contributed by atoms with Gasteiger partial charge in [-0.05, 0) is 23.8 Å². The number of alkyl halides is 3. The average Bonchev–Trinajstić information content (AvgIpc) is 3.45. The van der Waals surface area contributed by atoms with Crippen molar-refractivity contribution < 1.29 is 46.6 Å². The quantitative estimate of drug-likeness (QED) is 0.216. The average molecular weight is 608 g/mol. The number of oxazole rings is 1. The van der Waals surface area contributed by atoms with Crippen molar-refractivity contribution in [1.29, 1.82) is 0 Å². The maximum Gasteiger partial charge on any atom is 0.490 e. The summed E-state index contributed by atoms with van der Waals surface area (Å²) >= 11 is 0. The number of pyridine rings is 1. The number of benzene rings is 1. The lowest BCUT2D eigenvalue weighted by Gasteiger charge is -2.32. The Balaban J connectivity index is 0.000000646. The molecule has 2 aromatic heterocycles. The molecule has 1 fully saturated rings. The first-order valence-electron chi connectivity index (χ1n) is 13.2. The summed E-state index contributed by atoms with van der Waals surface area (Å²) in [5.41, 5.74) is 1.66. The first-order valence-corrected chi connectivity index (χ1v) is 13.2. The molecule has 3 aromatic rings. The Bertz CT molecular complexity index is 1390. The molecule has 3 N–H and O–H groups in total. The van der Waals surface area contributed by atoms with E-state index in [2.05, 4.69) is 20.6 Å². The van der Waals surface area contributed by atoms with Gasteiger partial charge in [0.05, 0.1) is 14.2 Å². The van der Waals surface area contributed by atoms with Gasteiger partial charge in [-0.25, -0.2) is 14.8 Å². The SMILES string of the molecule is CCC(=O)C(C(=O)c1nc(-c2ccnc(OC)c2)oc1NCc1ccc(OC)cc1)N1CCNCC1.O=C(O)C(F)(F)F. The van der Waals surface area contributed by atoms with Crippen LogP contribution in [0.25, 0.3) is 11.5 Å². The van der Waals surface area contributed by atoms with Crippen LogP contribution in [0.15, 0.2) is 47.0 Å². The van der Waals surface area contributed by atoms with E-state index in [9.17, 15) is 22.8 Å². The summed E-state index contributed by atoms with van der Waals surface area (Å²) in [5, 5.41) is 13.6. The number of carboxylic acids is 1. The summed E-state index contributed by atoms with van der Waals surface area (Å²) in [6.07, 6.45) is -3.25. The Hall–Kier alpha value is -4.50. The van der Waals surface area contributed by atoms with Gasteiger partial charge in [0, 0.05) is 57.0 Å². The van der Waals surface area contributed by atoms with Crippen molar-refractivity contribution in [2.75, 3.05) is 45.7 Å². The predicted molar refractivity (Wildman–Crippen MR) is 148 cm³/mol. The van der Waals surface area contributed by atoms with Crippen LogP contribution < -0.4 is 20.1 Å². The minimum atomic E-state index is -5.08. The van der Waals surface area contributed by atoms with Crippen molar-refractivity contribution in [2.45, 2.75) is 32.1 Å². The van der Waals surface area contributed by atoms with Crippen LogP contribution in [0.5, 0.6) is 11.6 Å². The van der Waals surface area contributed by atoms with Crippen LogP contribution in [0.3, 0.4) is 0 Å². The van der Waals surface area contributed by atoms with Crippen molar-refractivity contribution in [3.8, 4) is 23.1 Å². The van der Waals surface area contributed by atoms with Gasteiger partial charge in [0.15, 0.2) is 11.5 Å². The minimum absolute atomic E-state index is 0.0969. The summed E-state index contributed by atoms with van der Waals surface area (Å²) in [5.74, 6) is -1.68. The Morgan fingerprint density at radius 2 is 1.77 bits per heavy atom. The number of nitrogens with zero attached hydrogens (tertiary/aromatic N) is 3. The second kappa shape index (κ2) is 15.1. The Morgan fingerprint density at radius 3 is 2.33 bits per heavy atom. The number of methoxy groups -OCH3 is 2. The third-order valence-corrected chi connectivity index (χ3v) is 6.32. The molecule has 0 spiro atoms. The lowest BCUT2D eigenvalue weighted by atomic mass is 10.0. The van der Waals surface area contributed by atoms with E-state index in [-0.39, 0.29) is 35.5 Å². The zero-order valence-corrected chi connectivity index (χ0v) is 23.7. The lowest BCUT2D eigenvalue weighted by molar-refractivity contribution is -0.192. The molecule has 0 aliphatic carbocycles. The smallest absolute Gasteiger partial charge is 0.490 e. The zero-order chi connectivity index (χ0) is 31.6. The van der Waals surface area contributed by atoms with Crippen molar-refractivity contribution in [1.82, 2.24) is 20.2 Å². The highest BCUT2D eigenvalue weighted by Gasteiger charge is 2.38. The number of ether oxygens (including phenoxy) is 2. The summed E-state index contributed by atoms with van der Waals surface area (Å²) in [6, 6.07) is 10.0. The van der Waals surface area contributed by atoms with Gasteiger partial charge in [0.1, 0.15) is 11.8 Å². The van der Waals surface area contributed by atoms with E-state index in [4.69, 9.17) is 23.8 Å². The summed E-state index contributed by atoms with van der Waals surface area (Å²) < 4.78 is 48.2. The third-order valence-electron chi connectivity index (χ3n) is 6.32. The number of aromatic nitrogens is 2. The number of carbonyl (C=O) groups is 3. The second-order valence-corrected chi connectivity index (χ2v) is 9.16. The minimum Gasteiger partial charge on any atom is -0.497 e. The monoisotopic (exact) mass is 607 g/mol. The number of Topliss-reactive ketones (excluding diaryl/α,β-unsaturated/α-hetero) is 2. The van der Waals surface area contributed by atoms with Gasteiger partial charge in [-0.3, -0.25) is 14.5 Å². The molecule has 1 saturated heterocycles. The van der Waals surface area contributed by atoms with Crippen LogP contribution in [-0.4, -0.2) is 90.1 Å². The van der Waals surface area contributed by atoms with E-state index in [0.29, 0.717) is 44.2 Å². The van der Waals surface area contributed by atoms with Crippen LogP contribution in [0.1, 0.15) is 29.4 Å². The molecule has 43 heavy (non-hydrogen) atoms. The zero-order valence-electron chi connectivity index (χ0n) is 23.7. The van der Waals surface area contributed by atoms with Crippen LogP contribution in [0.2, 0.25) is 0 Å². The number of carbonyl (C=O) groups excluding carboxylic acids is 2. The van der Waals surface area contributed by atoms with E-state index >= 15 is 0 Å². The molecule has 4 rings (SSSR count). The molecule has 0 amide bonds. The Kier molecular flexibility index (Phi) is 11.6. The Morgan fingerprint density at radius 1 is 1.12 bits per heavy atom. The van der Waals surface area contributed by atoms with E-state index in [1.54, 1.807) is 32.4 Å². The molecule has 15 heteroatoms. The Labute approximate surface area is 245 Å². The van der Waals surface area contributed by atoms with Crippen LogP contribution in [-0.2, 0) is 16.1 Å². The maximum absolute atomic E-state index is 13.8. The number of ketones is 2. The number of carboxylic acid groups (broad SMARTS) is 1. The molecule has 1 unspecified atom stereocenters. The molecular formula is C28H32F3N5O7. The maximum atomic E-state index is 13.8. The molecule has 3 heterocycles. The normalized spacial score (nSPS) is 14.2. The van der Waals surface area contributed by atoms with E-state index < -0.39 is 18.2 Å². The third kappa shape index (κ3) is 8.99. The lowest BCUT2D eigenvalue weighted by Crippen LogP contribution is -2.54. The molecule has 232 valence electrons. The van der Waals surface area contributed by atoms with Gasteiger partial charge in [-0.1, -0.05) is 19.1 Å². The molecule has 0 radical (unpaired) electrons. The largest absolute Gasteiger partial charge is 0.497 e. The topological polar surface area (TPSA) is 156 Å². The van der Waals surface area contributed by atoms with Crippen LogP contribution in [0.4, 0.5) is 19.1 Å². The number of aliphatic carboxylic acids is 1. The van der Waals surface area contributed by atoms with Gasteiger partial charge < -0.3 is 29.6 Å².